The number of amides is 3. The number of benzene rings is 2. The molecule has 2 aromatic rings. The Kier molecular flexibility index (Phi) is 6.22. The van der Waals surface area contributed by atoms with Crippen molar-refractivity contribution in [2.24, 2.45) is 0 Å². The number of para-hydroxylation sites is 1. The maximum atomic E-state index is 12.0. The first-order valence-electron chi connectivity index (χ1n) is 8.39. The van der Waals surface area contributed by atoms with Crippen LogP contribution in [0.1, 0.15) is 20.8 Å². The number of likely N-dealkylation sites (N-methyl/N-ethyl adjacent to an activating group) is 1. The van der Waals surface area contributed by atoms with Crippen molar-refractivity contribution in [2.45, 2.75) is 26.3 Å². The fourth-order valence-electron chi connectivity index (χ4n) is 2.24. The Morgan fingerprint density at radius 1 is 0.962 bits per heavy atom. The second-order valence-electron chi connectivity index (χ2n) is 7.02. The lowest BCUT2D eigenvalue weighted by Gasteiger charge is -2.22. The molecule has 0 saturated carbocycles. The molecule has 2 N–H and O–H groups in total. The Labute approximate surface area is 154 Å². The molecule has 0 saturated heterocycles. The van der Waals surface area contributed by atoms with Crippen LogP contribution in [0.25, 0.3) is 0 Å². The SMILES string of the molecule is CN(CC(=O)NC(=O)NC(C)(C)C)c1ccc(Oc2ccccc2)cc1. The molecule has 0 bridgehead atoms. The summed E-state index contributed by atoms with van der Waals surface area (Å²) >= 11 is 0. The van der Waals surface area contributed by atoms with Crippen LogP contribution in [-0.4, -0.2) is 31.1 Å². The van der Waals surface area contributed by atoms with Gasteiger partial charge in [0.05, 0.1) is 6.54 Å². The molecule has 0 aliphatic carbocycles. The molecule has 6 nitrogen and oxygen atoms in total. The number of nitrogens with one attached hydrogen (secondary N) is 2. The lowest BCUT2D eigenvalue weighted by atomic mass is 10.1. The van der Waals surface area contributed by atoms with Crippen molar-refractivity contribution in [1.82, 2.24) is 10.6 Å². The van der Waals surface area contributed by atoms with Crippen molar-refractivity contribution in [3.05, 3.63) is 54.6 Å². The summed E-state index contributed by atoms with van der Waals surface area (Å²) in [6, 6.07) is 16.4. The van der Waals surface area contributed by atoms with Gasteiger partial charge in [0.25, 0.3) is 0 Å². The lowest BCUT2D eigenvalue weighted by Crippen LogP contribution is -2.50. The second kappa shape index (κ2) is 8.38. The zero-order chi connectivity index (χ0) is 19.2. The molecule has 2 aromatic carbocycles. The van der Waals surface area contributed by atoms with Gasteiger partial charge in [0.15, 0.2) is 0 Å². The highest BCUT2D eigenvalue weighted by molar-refractivity contribution is 5.96. The van der Waals surface area contributed by atoms with E-state index >= 15 is 0 Å². The number of rotatable bonds is 5. The third-order valence-corrected chi connectivity index (χ3v) is 3.38. The predicted octanol–water partition coefficient (Wildman–Crippen LogP) is 3.54. The van der Waals surface area contributed by atoms with Gasteiger partial charge in [-0.15, -0.1) is 0 Å². The number of hydrogen-bond acceptors (Lipinski definition) is 4. The van der Waals surface area contributed by atoms with E-state index in [1.54, 1.807) is 11.9 Å². The van der Waals surface area contributed by atoms with Crippen LogP contribution in [0, 0.1) is 0 Å². The van der Waals surface area contributed by atoms with Gasteiger partial charge >= 0.3 is 6.03 Å². The summed E-state index contributed by atoms with van der Waals surface area (Å²) in [7, 11) is 1.79. The Bertz CT molecular complexity index is 737. The van der Waals surface area contributed by atoms with Crippen molar-refractivity contribution in [3.8, 4) is 11.5 Å². The summed E-state index contributed by atoms with van der Waals surface area (Å²) in [5.74, 6) is 1.10. The number of urea groups is 1. The molecule has 0 spiro atoms. The average molecular weight is 355 g/mol. The molecule has 0 aliphatic rings. The van der Waals surface area contributed by atoms with Gasteiger partial charge in [0.1, 0.15) is 11.5 Å². The zero-order valence-electron chi connectivity index (χ0n) is 15.6. The quantitative estimate of drug-likeness (QED) is 0.861. The van der Waals surface area contributed by atoms with Crippen LogP contribution in [-0.2, 0) is 4.79 Å². The van der Waals surface area contributed by atoms with Gasteiger partial charge in [-0.05, 0) is 57.2 Å². The highest BCUT2D eigenvalue weighted by Gasteiger charge is 2.16. The first-order chi connectivity index (χ1) is 12.2. The van der Waals surface area contributed by atoms with Crippen molar-refractivity contribution < 1.29 is 14.3 Å². The Morgan fingerprint density at radius 2 is 1.54 bits per heavy atom. The average Bonchev–Trinajstić information content (AvgIpc) is 2.54. The number of nitrogens with zero attached hydrogens (tertiary/aromatic N) is 1. The molecular weight excluding hydrogens is 330 g/mol. The topological polar surface area (TPSA) is 70.7 Å². The molecule has 0 fully saturated rings. The van der Waals surface area contributed by atoms with Gasteiger partial charge in [0, 0.05) is 18.3 Å². The second-order valence-corrected chi connectivity index (χ2v) is 7.02. The van der Waals surface area contributed by atoms with Crippen LogP contribution in [0.3, 0.4) is 0 Å². The van der Waals surface area contributed by atoms with Crippen molar-refractivity contribution in [1.29, 1.82) is 0 Å². The molecule has 0 radical (unpaired) electrons. The van der Waals surface area contributed by atoms with E-state index in [2.05, 4.69) is 10.6 Å². The van der Waals surface area contributed by atoms with Crippen LogP contribution < -0.4 is 20.3 Å². The summed E-state index contributed by atoms with van der Waals surface area (Å²) in [6.07, 6.45) is 0. The minimum atomic E-state index is -0.498. The summed E-state index contributed by atoms with van der Waals surface area (Å²) in [4.78, 5) is 25.5. The standard InChI is InChI=1S/C20H25N3O3/c1-20(2,3)22-19(25)21-18(24)14-23(4)15-10-12-17(13-11-15)26-16-8-6-5-7-9-16/h5-13H,14H2,1-4H3,(H2,21,22,24,25). The normalized spacial score (nSPS) is 10.8. The third-order valence-electron chi connectivity index (χ3n) is 3.38. The van der Waals surface area contributed by atoms with Gasteiger partial charge in [0.2, 0.25) is 5.91 Å². The minimum Gasteiger partial charge on any atom is -0.457 e. The van der Waals surface area contributed by atoms with Gasteiger partial charge in [-0.2, -0.15) is 0 Å². The Hall–Kier alpha value is -3.02. The van der Waals surface area contributed by atoms with Crippen molar-refractivity contribution in [3.63, 3.8) is 0 Å². The Morgan fingerprint density at radius 3 is 2.12 bits per heavy atom. The van der Waals surface area contributed by atoms with E-state index in [1.807, 2.05) is 75.4 Å². The predicted molar refractivity (Wildman–Crippen MR) is 103 cm³/mol. The molecule has 0 unspecified atom stereocenters. The first-order valence-corrected chi connectivity index (χ1v) is 8.39. The van der Waals surface area contributed by atoms with Crippen LogP contribution in [0.2, 0.25) is 0 Å². The zero-order valence-corrected chi connectivity index (χ0v) is 15.6. The number of hydrogen-bond donors (Lipinski definition) is 2. The van der Waals surface area contributed by atoms with Crippen LogP contribution in [0.5, 0.6) is 11.5 Å². The summed E-state index contributed by atoms with van der Waals surface area (Å²) in [6.45, 7) is 5.61. The number of carbonyl (C=O) groups excluding carboxylic acids is 2. The molecule has 2 rings (SSSR count). The summed E-state index contributed by atoms with van der Waals surface area (Å²) in [5.41, 5.74) is 0.446. The molecule has 138 valence electrons. The van der Waals surface area contributed by atoms with E-state index in [9.17, 15) is 9.59 Å². The largest absolute Gasteiger partial charge is 0.457 e. The maximum Gasteiger partial charge on any atom is 0.321 e. The maximum absolute atomic E-state index is 12.0. The third kappa shape index (κ3) is 6.47. The molecule has 6 heteroatoms. The number of anilines is 1. The summed E-state index contributed by atoms with van der Waals surface area (Å²) < 4.78 is 5.74. The van der Waals surface area contributed by atoms with Crippen LogP contribution in [0.4, 0.5) is 10.5 Å². The van der Waals surface area contributed by atoms with E-state index in [4.69, 9.17) is 4.74 Å². The number of imide groups is 1. The molecule has 3 amide bonds. The van der Waals surface area contributed by atoms with Gasteiger partial charge < -0.3 is 15.0 Å². The van der Waals surface area contributed by atoms with Crippen molar-refractivity contribution >= 4 is 17.6 Å². The van der Waals surface area contributed by atoms with Gasteiger partial charge in [-0.25, -0.2) is 4.79 Å². The molecule has 0 heterocycles. The fraction of sp³-hybridized carbons (Fsp3) is 0.300. The van der Waals surface area contributed by atoms with Gasteiger partial charge in [-0.1, -0.05) is 18.2 Å². The van der Waals surface area contributed by atoms with Crippen LogP contribution >= 0.6 is 0 Å². The fourth-order valence-corrected chi connectivity index (χ4v) is 2.24. The highest BCUT2D eigenvalue weighted by atomic mass is 16.5. The first kappa shape index (κ1) is 19.3. The molecule has 0 atom stereocenters. The molecule has 26 heavy (non-hydrogen) atoms. The minimum absolute atomic E-state index is 0.0659. The monoisotopic (exact) mass is 355 g/mol. The van der Waals surface area contributed by atoms with E-state index in [-0.39, 0.29) is 12.5 Å². The number of carbonyl (C=O) groups is 2. The lowest BCUT2D eigenvalue weighted by molar-refractivity contribution is -0.118. The van der Waals surface area contributed by atoms with E-state index in [1.165, 1.54) is 0 Å². The molecule has 0 aliphatic heterocycles. The van der Waals surface area contributed by atoms with Crippen molar-refractivity contribution in [2.75, 3.05) is 18.5 Å². The van der Waals surface area contributed by atoms with Crippen LogP contribution in [0.15, 0.2) is 54.6 Å². The van der Waals surface area contributed by atoms with E-state index in [0.717, 1.165) is 11.4 Å². The van der Waals surface area contributed by atoms with Gasteiger partial charge in [-0.3, -0.25) is 10.1 Å². The van der Waals surface area contributed by atoms with E-state index < -0.39 is 11.6 Å². The number of ether oxygens (including phenoxy) is 1. The Balaban J connectivity index is 1.88. The summed E-state index contributed by atoms with van der Waals surface area (Å²) in [5, 5.41) is 5.01. The van der Waals surface area contributed by atoms with E-state index in [0.29, 0.717) is 5.75 Å². The molecular formula is C20H25N3O3. The smallest absolute Gasteiger partial charge is 0.321 e. The molecule has 0 aromatic heterocycles. The highest BCUT2D eigenvalue weighted by Crippen LogP contribution is 2.23.